The van der Waals surface area contributed by atoms with Gasteiger partial charge in [-0.3, -0.25) is 14.3 Å². The zero-order valence-corrected chi connectivity index (χ0v) is 20.9. The lowest BCUT2D eigenvalue weighted by molar-refractivity contribution is -0.137. The van der Waals surface area contributed by atoms with Crippen LogP contribution in [0.2, 0.25) is 0 Å². The number of piperazine rings is 1. The summed E-state index contributed by atoms with van der Waals surface area (Å²) in [6, 6.07) is 12.3. The van der Waals surface area contributed by atoms with Crippen molar-refractivity contribution in [1.29, 1.82) is 0 Å². The van der Waals surface area contributed by atoms with Crippen LogP contribution in [0.5, 0.6) is 0 Å². The summed E-state index contributed by atoms with van der Waals surface area (Å²) in [6.07, 6.45) is 1.50. The monoisotopic (exact) mass is 529 g/mol. The maximum absolute atomic E-state index is 13.5. The lowest BCUT2D eigenvalue weighted by Gasteiger charge is -2.34. The van der Waals surface area contributed by atoms with Crippen molar-refractivity contribution < 1.29 is 23.8 Å². The molecule has 4 aromatic rings. The van der Waals surface area contributed by atoms with Crippen molar-refractivity contribution in [3.05, 3.63) is 71.6 Å². The fraction of sp³-hybridized carbons (Fsp3) is 0.208. The van der Waals surface area contributed by atoms with Crippen LogP contribution in [-0.2, 0) is 26.2 Å². The van der Waals surface area contributed by atoms with E-state index in [0.717, 1.165) is 11.2 Å². The number of carbonyl (C=O) groups excluding carboxylic acids is 2. The summed E-state index contributed by atoms with van der Waals surface area (Å²) in [5, 5.41) is 2.65. The number of benzene rings is 2. The zero-order chi connectivity index (χ0) is 25.4. The molecule has 5 rings (SSSR count). The molecule has 1 fully saturated rings. The third-order valence-electron chi connectivity index (χ3n) is 6.05. The van der Waals surface area contributed by atoms with Gasteiger partial charge in [0.05, 0.1) is 4.90 Å². The van der Waals surface area contributed by atoms with Crippen molar-refractivity contribution in [3.8, 4) is 0 Å². The van der Waals surface area contributed by atoms with Crippen molar-refractivity contribution in [1.82, 2.24) is 14.5 Å². The molecular weight excluding hydrogens is 505 g/mol. The molecule has 0 radical (unpaired) electrons. The van der Waals surface area contributed by atoms with E-state index in [1.165, 1.54) is 51.6 Å². The molecule has 1 N–H and O–H groups in total. The zero-order valence-electron chi connectivity index (χ0n) is 19.2. The molecular formula is C24H24FN5O4S2. The molecule has 36 heavy (non-hydrogen) atoms. The van der Waals surface area contributed by atoms with E-state index in [1.54, 1.807) is 23.6 Å². The first-order valence-corrected chi connectivity index (χ1v) is 13.4. The number of halogens is 1. The molecule has 2 aromatic heterocycles. The van der Waals surface area contributed by atoms with Crippen LogP contribution in [0.25, 0.3) is 10.9 Å². The van der Waals surface area contributed by atoms with Gasteiger partial charge in [-0.15, -0.1) is 11.3 Å². The van der Waals surface area contributed by atoms with Crippen molar-refractivity contribution in [3.63, 3.8) is 0 Å². The Hall–Kier alpha value is -3.77. The topological polar surface area (TPSA) is 105 Å². The highest BCUT2D eigenvalue weighted by Gasteiger charge is 2.29. The third kappa shape index (κ3) is 4.69. The number of anilines is 2. The fourth-order valence-corrected chi connectivity index (χ4v) is 6.03. The number of fused-ring (bicyclic) bond motifs is 1. The second-order valence-corrected chi connectivity index (χ2v) is 10.9. The second-order valence-electron chi connectivity index (χ2n) is 8.37. The molecule has 0 saturated carbocycles. The van der Waals surface area contributed by atoms with Crippen molar-refractivity contribution in [2.24, 2.45) is 0 Å². The van der Waals surface area contributed by atoms with Crippen LogP contribution < -0.4 is 9.62 Å². The SMILES string of the molecule is Cc1cc2cc(F)ccc2n1CC(=O)N1CCN(c2ccc(S(=O)(=O)Nc3nccs3)cc2)C(=O)C1.[HH]. The molecule has 0 unspecified atom stereocenters. The number of thiazole rings is 1. The first-order chi connectivity index (χ1) is 17.2. The second kappa shape index (κ2) is 9.36. The number of aromatic nitrogens is 2. The van der Waals surface area contributed by atoms with Crippen LogP contribution in [0, 0.1) is 12.7 Å². The van der Waals surface area contributed by atoms with E-state index < -0.39 is 10.0 Å². The highest BCUT2D eigenvalue weighted by Crippen LogP contribution is 2.24. The Morgan fingerprint density at radius 1 is 1.17 bits per heavy atom. The lowest BCUT2D eigenvalue weighted by Crippen LogP contribution is -2.53. The molecule has 2 amide bonds. The Labute approximate surface area is 212 Å². The predicted molar refractivity (Wildman–Crippen MR) is 137 cm³/mol. The number of hydrogen-bond acceptors (Lipinski definition) is 6. The minimum atomic E-state index is -3.79. The summed E-state index contributed by atoms with van der Waals surface area (Å²) in [6.45, 7) is 2.43. The van der Waals surface area contributed by atoms with Gasteiger partial charge in [0.2, 0.25) is 11.8 Å². The van der Waals surface area contributed by atoms with E-state index in [2.05, 4.69) is 9.71 Å². The van der Waals surface area contributed by atoms with Crippen molar-refractivity contribution in [2.45, 2.75) is 18.4 Å². The highest BCUT2D eigenvalue weighted by molar-refractivity contribution is 7.93. The smallest absolute Gasteiger partial charge is 0.263 e. The first-order valence-electron chi connectivity index (χ1n) is 11.1. The summed E-state index contributed by atoms with van der Waals surface area (Å²) in [5.41, 5.74) is 2.13. The molecule has 2 aromatic carbocycles. The van der Waals surface area contributed by atoms with Gasteiger partial charge in [-0.2, -0.15) is 0 Å². The molecule has 0 bridgehead atoms. The van der Waals surface area contributed by atoms with E-state index in [9.17, 15) is 22.4 Å². The quantitative estimate of drug-likeness (QED) is 0.412. The Morgan fingerprint density at radius 3 is 2.64 bits per heavy atom. The number of hydrogen-bond donors (Lipinski definition) is 1. The van der Waals surface area contributed by atoms with Gasteiger partial charge in [0.1, 0.15) is 18.9 Å². The Balaban J connectivity index is 0.00000320. The van der Waals surface area contributed by atoms with Gasteiger partial charge < -0.3 is 14.4 Å². The number of sulfonamides is 1. The summed E-state index contributed by atoms with van der Waals surface area (Å²) in [4.78, 5) is 32.9. The van der Waals surface area contributed by atoms with Gasteiger partial charge in [0.25, 0.3) is 10.0 Å². The van der Waals surface area contributed by atoms with Crippen LogP contribution in [0.4, 0.5) is 15.2 Å². The van der Waals surface area contributed by atoms with Crippen LogP contribution in [-0.4, -0.2) is 54.3 Å². The lowest BCUT2D eigenvalue weighted by atomic mass is 10.2. The summed E-state index contributed by atoms with van der Waals surface area (Å²) < 4.78 is 42.8. The van der Waals surface area contributed by atoms with Gasteiger partial charge in [-0.25, -0.2) is 17.8 Å². The largest absolute Gasteiger partial charge is 0.335 e. The Morgan fingerprint density at radius 2 is 1.94 bits per heavy atom. The molecule has 0 spiro atoms. The normalized spacial score (nSPS) is 14.4. The van der Waals surface area contributed by atoms with E-state index >= 15 is 0 Å². The number of nitrogens with zero attached hydrogens (tertiary/aromatic N) is 4. The maximum atomic E-state index is 13.5. The van der Waals surface area contributed by atoms with Crippen molar-refractivity contribution >= 4 is 54.9 Å². The average molecular weight is 530 g/mol. The van der Waals surface area contributed by atoms with Crippen molar-refractivity contribution in [2.75, 3.05) is 29.3 Å². The summed E-state index contributed by atoms with van der Waals surface area (Å²) in [7, 11) is -3.79. The van der Waals surface area contributed by atoms with Gasteiger partial charge in [-0.1, -0.05) is 0 Å². The minimum absolute atomic E-state index is 0. The first kappa shape index (κ1) is 23.9. The van der Waals surface area contributed by atoms with Gasteiger partial charge in [0.15, 0.2) is 5.13 Å². The number of rotatable bonds is 6. The molecule has 9 nitrogen and oxygen atoms in total. The van der Waals surface area contributed by atoms with E-state index in [0.29, 0.717) is 17.6 Å². The van der Waals surface area contributed by atoms with Gasteiger partial charge in [0, 0.05) is 48.4 Å². The number of amides is 2. The Bertz CT molecular complexity index is 1560. The van der Waals surface area contributed by atoms with Gasteiger partial charge >= 0.3 is 0 Å². The average Bonchev–Trinajstić information content (AvgIpc) is 3.45. The molecule has 3 heterocycles. The van der Waals surface area contributed by atoms with Crippen LogP contribution in [0.3, 0.4) is 0 Å². The third-order valence-corrected chi connectivity index (χ3v) is 8.22. The predicted octanol–water partition coefficient (Wildman–Crippen LogP) is 3.47. The molecule has 1 aliphatic rings. The standard InChI is InChI=1S/C24H22FN5O4S2.H2/c1-16-12-17-13-18(25)2-7-21(17)30(16)15-22(31)28-9-10-29(23(32)14-28)19-3-5-20(6-4-19)36(33,34)27-24-26-8-11-35-24;/h2-8,11-13H,9-10,14-15H2,1H3,(H,26,27);1H. The van der Waals surface area contributed by atoms with E-state index in [-0.39, 0.29) is 48.7 Å². The maximum Gasteiger partial charge on any atom is 0.263 e. The number of nitrogens with one attached hydrogen (secondary N) is 1. The summed E-state index contributed by atoms with van der Waals surface area (Å²) in [5.74, 6) is -0.806. The summed E-state index contributed by atoms with van der Waals surface area (Å²) >= 11 is 1.17. The van der Waals surface area contributed by atoms with Crippen LogP contribution in [0.15, 0.2) is 65.0 Å². The molecule has 0 aliphatic carbocycles. The van der Waals surface area contributed by atoms with E-state index in [4.69, 9.17) is 0 Å². The fourth-order valence-electron chi connectivity index (χ4n) is 4.24. The van der Waals surface area contributed by atoms with Gasteiger partial charge in [-0.05, 0) is 55.5 Å². The minimum Gasteiger partial charge on any atom is -0.335 e. The van der Waals surface area contributed by atoms with Crippen LogP contribution in [0.1, 0.15) is 7.12 Å². The van der Waals surface area contributed by atoms with Crippen LogP contribution >= 0.6 is 11.3 Å². The highest BCUT2D eigenvalue weighted by atomic mass is 32.2. The number of aryl methyl sites for hydroxylation is 1. The molecule has 1 aliphatic heterocycles. The Kier molecular flexibility index (Phi) is 6.22. The molecule has 1 saturated heterocycles. The molecule has 0 atom stereocenters. The molecule has 12 heteroatoms. The van der Waals surface area contributed by atoms with E-state index in [1.807, 2.05) is 17.6 Å². The molecule has 188 valence electrons. The number of carbonyl (C=O) groups is 2.